The minimum Gasteiger partial charge on any atom is -0.254 e. The van der Waals surface area contributed by atoms with E-state index in [1.165, 1.54) is 56.9 Å². The Bertz CT molecular complexity index is 675. The van der Waals surface area contributed by atoms with Crippen molar-refractivity contribution in [2.75, 3.05) is 0 Å². The fourth-order valence-corrected chi connectivity index (χ4v) is 4.75. The van der Waals surface area contributed by atoms with Crippen molar-refractivity contribution in [1.82, 2.24) is 4.98 Å². The van der Waals surface area contributed by atoms with Crippen LogP contribution in [0.4, 0.5) is 0 Å². The molecule has 1 heterocycles. The van der Waals surface area contributed by atoms with Gasteiger partial charge in [0.2, 0.25) is 0 Å². The molecule has 1 aromatic carbocycles. The highest BCUT2D eigenvalue weighted by Crippen LogP contribution is 2.38. The molecule has 0 spiro atoms. The van der Waals surface area contributed by atoms with Crippen LogP contribution in [0.3, 0.4) is 0 Å². The number of nitrogens with zero attached hydrogens (tertiary/aromatic N) is 1. The number of unbranched alkanes of at least 4 members (excludes halogenated alkanes) is 2. The van der Waals surface area contributed by atoms with Gasteiger partial charge in [-0.15, -0.1) is 0 Å². The van der Waals surface area contributed by atoms with Gasteiger partial charge in [-0.3, -0.25) is 4.98 Å². The maximum Gasteiger partial charge on any atom is 0.0888 e. The lowest BCUT2D eigenvalue weighted by molar-refractivity contribution is 0.303. The summed E-state index contributed by atoms with van der Waals surface area (Å²) in [5.41, 5.74) is 3.43. The molecule has 1 aromatic heterocycles. The van der Waals surface area contributed by atoms with Gasteiger partial charge in [0.15, 0.2) is 0 Å². The van der Waals surface area contributed by atoms with E-state index in [-0.39, 0.29) is 0 Å². The number of pyridine rings is 1. The van der Waals surface area contributed by atoms with Crippen molar-refractivity contribution in [1.29, 1.82) is 0 Å². The van der Waals surface area contributed by atoms with Gasteiger partial charge in [-0.2, -0.15) is 0 Å². The van der Waals surface area contributed by atoms with Crippen LogP contribution >= 0.6 is 27.5 Å². The number of hydrogen-bond acceptors (Lipinski definition) is 1. The first-order valence-electron chi connectivity index (χ1n) is 9.58. The third-order valence-corrected chi connectivity index (χ3v) is 6.25. The van der Waals surface area contributed by atoms with Crippen LogP contribution in [-0.2, 0) is 0 Å². The van der Waals surface area contributed by atoms with Gasteiger partial charge in [-0.05, 0) is 65.1 Å². The Hall–Kier alpha value is -0.860. The van der Waals surface area contributed by atoms with Gasteiger partial charge >= 0.3 is 0 Å². The van der Waals surface area contributed by atoms with Crippen molar-refractivity contribution in [2.24, 2.45) is 5.92 Å². The summed E-state index contributed by atoms with van der Waals surface area (Å²) in [6.07, 6.45) is 12.9. The normalized spacial score (nSPS) is 20.6. The zero-order valence-corrected chi connectivity index (χ0v) is 17.3. The molecule has 1 aliphatic rings. The fourth-order valence-electron chi connectivity index (χ4n) is 4.01. The summed E-state index contributed by atoms with van der Waals surface area (Å²) >= 11 is 9.74. The molecule has 0 N–H and O–H groups in total. The molecule has 0 amide bonds. The number of benzene rings is 1. The molecule has 0 atom stereocenters. The van der Waals surface area contributed by atoms with Crippen molar-refractivity contribution < 1.29 is 0 Å². The van der Waals surface area contributed by atoms with Crippen LogP contribution in [0.5, 0.6) is 0 Å². The summed E-state index contributed by atoms with van der Waals surface area (Å²) in [4.78, 5) is 4.46. The molecule has 0 radical (unpaired) electrons. The van der Waals surface area contributed by atoms with Gasteiger partial charge in [0.25, 0.3) is 0 Å². The molecule has 1 fully saturated rings. The van der Waals surface area contributed by atoms with Gasteiger partial charge in [-0.25, -0.2) is 0 Å². The Kier molecular flexibility index (Phi) is 6.95. The average molecular weight is 421 g/mol. The summed E-state index contributed by atoms with van der Waals surface area (Å²) in [5.74, 6) is 1.69. The molecule has 1 nitrogen and oxygen atoms in total. The summed E-state index contributed by atoms with van der Waals surface area (Å²) in [6.45, 7) is 2.29. The van der Waals surface area contributed by atoms with Crippen molar-refractivity contribution in [3.8, 4) is 11.3 Å². The van der Waals surface area contributed by atoms with Crippen LogP contribution in [0.2, 0.25) is 5.02 Å². The van der Waals surface area contributed by atoms with Crippen molar-refractivity contribution >= 4 is 27.5 Å². The van der Waals surface area contributed by atoms with E-state index in [0.717, 1.165) is 27.6 Å². The first kappa shape index (κ1) is 18.9. The quantitative estimate of drug-likeness (QED) is 0.431. The third-order valence-electron chi connectivity index (χ3n) is 5.53. The lowest BCUT2D eigenvalue weighted by Gasteiger charge is -2.29. The van der Waals surface area contributed by atoms with E-state index in [1.807, 2.05) is 6.07 Å². The van der Waals surface area contributed by atoms with E-state index in [1.54, 1.807) is 6.20 Å². The van der Waals surface area contributed by atoms with E-state index in [2.05, 4.69) is 52.1 Å². The molecule has 0 aliphatic heterocycles. The number of hydrogen-bond donors (Lipinski definition) is 0. The van der Waals surface area contributed by atoms with Crippen molar-refractivity contribution in [3.63, 3.8) is 0 Å². The molecule has 1 saturated carbocycles. The Labute approximate surface area is 165 Å². The molecule has 1 aliphatic carbocycles. The van der Waals surface area contributed by atoms with Crippen LogP contribution in [0.1, 0.15) is 69.8 Å². The molecule has 2 aromatic rings. The highest BCUT2D eigenvalue weighted by molar-refractivity contribution is 9.10. The van der Waals surface area contributed by atoms with Crippen molar-refractivity contribution in [3.05, 3.63) is 51.6 Å². The third kappa shape index (κ3) is 5.08. The summed E-state index contributed by atoms with van der Waals surface area (Å²) in [6, 6.07) is 10.8. The van der Waals surface area contributed by atoms with E-state index in [4.69, 9.17) is 11.6 Å². The van der Waals surface area contributed by atoms with E-state index in [9.17, 15) is 0 Å². The molecule has 3 rings (SSSR count). The minimum absolute atomic E-state index is 0.690. The maximum atomic E-state index is 6.33. The zero-order valence-electron chi connectivity index (χ0n) is 15.0. The second-order valence-corrected chi connectivity index (χ2v) is 8.64. The van der Waals surface area contributed by atoms with Crippen LogP contribution in [0.15, 0.2) is 41.0 Å². The topological polar surface area (TPSA) is 12.9 Å². The van der Waals surface area contributed by atoms with Crippen LogP contribution in [0.25, 0.3) is 11.3 Å². The predicted molar refractivity (Wildman–Crippen MR) is 111 cm³/mol. The molecule has 25 heavy (non-hydrogen) atoms. The molecule has 0 unspecified atom stereocenters. The van der Waals surface area contributed by atoms with Crippen molar-refractivity contribution in [2.45, 2.75) is 64.2 Å². The minimum atomic E-state index is 0.690. The highest BCUT2D eigenvalue weighted by atomic mass is 79.9. The largest absolute Gasteiger partial charge is 0.254 e. The predicted octanol–water partition coefficient (Wildman–Crippen LogP) is 8.02. The van der Waals surface area contributed by atoms with Gasteiger partial charge in [0.05, 0.1) is 10.7 Å². The second kappa shape index (κ2) is 9.19. The van der Waals surface area contributed by atoms with Gasteiger partial charge < -0.3 is 0 Å². The zero-order chi connectivity index (χ0) is 17.6. The second-order valence-electron chi connectivity index (χ2n) is 7.32. The summed E-state index contributed by atoms with van der Waals surface area (Å²) < 4.78 is 0.911. The Morgan fingerprint density at radius 2 is 1.80 bits per heavy atom. The van der Waals surface area contributed by atoms with E-state index in [0.29, 0.717) is 5.02 Å². The molecule has 134 valence electrons. The van der Waals surface area contributed by atoms with E-state index < -0.39 is 0 Å². The first-order chi connectivity index (χ1) is 12.2. The molecular weight excluding hydrogens is 394 g/mol. The van der Waals surface area contributed by atoms with Crippen LogP contribution < -0.4 is 0 Å². The molecular formula is C22H27BrClN. The highest BCUT2D eigenvalue weighted by Gasteiger charge is 2.22. The number of rotatable bonds is 6. The molecule has 3 heteroatoms. The fraction of sp³-hybridized carbons (Fsp3) is 0.500. The summed E-state index contributed by atoms with van der Waals surface area (Å²) in [5, 5.41) is 0.690. The van der Waals surface area contributed by atoms with Gasteiger partial charge in [-0.1, -0.05) is 68.5 Å². The first-order valence-corrected chi connectivity index (χ1v) is 10.8. The van der Waals surface area contributed by atoms with Crippen LogP contribution in [0, 0.1) is 5.92 Å². The monoisotopic (exact) mass is 419 g/mol. The maximum absolute atomic E-state index is 6.33. The number of halogens is 2. The average Bonchev–Trinajstić information content (AvgIpc) is 2.63. The number of aromatic nitrogens is 1. The van der Waals surface area contributed by atoms with Gasteiger partial charge in [0, 0.05) is 16.2 Å². The Morgan fingerprint density at radius 1 is 1.08 bits per heavy atom. The summed E-state index contributed by atoms with van der Waals surface area (Å²) in [7, 11) is 0. The molecule has 0 bridgehead atoms. The standard InChI is InChI=1S/C22H27BrClN/c1-2-3-4-5-16-6-8-17(9-7-16)18-10-12-19(13-11-18)22-21(24)14-20(23)15-25-22/h10-17H,2-9H2,1H3. The molecule has 0 saturated heterocycles. The Morgan fingerprint density at radius 3 is 2.44 bits per heavy atom. The van der Waals surface area contributed by atoms with Gasteiger partial charge in [0.1, 0.15) is 0 Å². The SMILES string of the molecule is CCCCCC1CCC(c2ccc(-c3ncc(Br)cc3Cl)cc2)CC1. The lowest BCUT2D eigenvalue weighted by Crippen LogP contribution is -2.13. The van der Waals surface area contributed by atoms with E-state index >= 15 is 0 Å². The Balaban J connectivity index is 1.60. The lowest BCUT2D eigenvalue weighted by atomic mass is 9.77. The smallest absolute Gasteiger partial charge is 0.0888 e. The van der Waals surface area contributed by atoms with Crippen LogP contribution in [-0.4, -0.2) is 4.98 Å².